The van der Waals surface area contributed by atoms with Gasteiger partial charge in [0.25, 0.3) is 0 Å². The van der Waals surface area contributed by atoms with Crippen LogP contribution in [0.1, 0.15) is 51.9 Å². The maximum absolute atomic E-state index is 13.5. The molecule has 0 radical (unpaired) electrons. The Morgan fingerprint density at radius 2 is 1.73 bits per heavy atom. The minimum Gasteiger partial charge on any atom is -0.339 e. The molecule has 0 aliphatic carbocycles. The fraction of sp³-hybridized carbons (Fsp3) is 0.478. The fourth-order valence-corrected chi connectivity index (χ4v) is 6.22. The van der Waals surface area contributed by atoms with E-state index in [1.807, 2.05) is 30.3 Å². The average Bonchev–Trinajstić information content (AvgIpc) is 2.81. The Balaban J connectivity index is 1.94. The lowest BCUT2D eigenvalue weighted by Gasteiger charge is -2.29. The maximum Gasteiger partial charge on any atom is 0.245 e. The standard InChI is InChI=1S/C23H30BrClN2O2S/c1-3-4-5-6-7-9-14-19-17-27(18-12-10-8-11-13-18)22-16-21(25)20(24)15-23(22)30(28,29)26(19)2/h8,10-13,15-16,19H,3-7,9,14,17H2,1-2H3. The Kier molecular flexibility index (Phi) is 8.24. The van der Waals surface area contributed by atoms with Gasteiger partial charge in [0.2, 0.25) is 10.0 Å². The summed E-state index contributed by atoms with van der Waals surface area (Å²) >= 11 is 9.78. The molecule has 4 nitrogen and oxygen atoms in total. The fourth-order valence-electron chi connectivity index (χ4n) is 4.00. The molecule has 30 heavy (non-hydrogen) atoms. The van der Waals surface area contributed by atoms with Gasteiger partial charge in [0.1, 0.15) is 4.90 Å². The van der Waals surface area contributed by atoms with Gasteiger partial charge in [-0.1, -0.05) is 75.2 Å². The van der Waals surface area contributed by atoms with Gasteiger partial charge in [0.05, 0.1) is 10.7 Å². The lowest BCUT2D eigenvalue weighted by molar-refractivity contribution is 0.348. The molecule has 1 unspecified atom stereocenters. The summed E-state index contributed by atoms with van der Waals surface area (Å²) in [5.41, 5.74) is 1.60. The molecule has 0 saturated heterocycles. The van der Waals surface area contributed by atoms with Crippen LogP contribution in [0, 0.1) is 0 Å². The molecule has 0 bridgehead atoms. The van der Waals surface area contributed by atoms with Gasteiger partial charge in [-0.3, -0.25) is 0 Å². The molecule has 1 aliphatic rings. The number of sulfonamides is 1. The summed E-state index contributed by atoms with van der Waals surface area (Å²) in [5, 5.41) is 0.502. The number of fused-ring (bicyclic) bond motifs is 1. The van der Waals surface area contributed by atoms with E-state index >= 15 is 0 Å². The first-order chi connectivity index (χ1) is 14.4. The van der Waals surface area contributed by atoms with E-state index in [4.69, 9.17) is 11.6 Å². The van der Waals surface area contributed by atoms with E-state index in [9.17, 15) is 8.42 Å². The van der Waals surface area contributed by atoms with Crippen molar-refractivity contribution in [1.82, 2.24) is 4.31 Å². The van der Waals surface area contributed by atoms with Crippen LogP contribution in [0.3, 0.4) is 0 Å². The van der Waals surface area contributed by atoms with Crippen LogP contribution in [0.5, 0.6) is 0 Å². The van der Waals surface area contributed by atoms with Crippen LogP contribution in [-0.2, 0) is 10.0 Å². The number of rotatable bonds is 8. The van der Waals surface area contributed by atoms with Crippen molar-refractivity contribution in [2.45, 2.75) is 62.8 Å². The number of halogens is 2. The number of benzene rings is 2. The Morgan fingerprint density at radius 3 is 2.43 bits per heavy atom. The molecule has 1 atom stereocenters. The molecule has 2 aromatic rings. The summed E-state index contributed by atoms with van der Waals surface area (Å²) < 4.78 is 29.1. The third-order valence-electron chi connectivity index (χ3n) is 5.82. The van der Waals surface area contributed by atoms with Crippen molar-refractivity contribution < 1.29 is 8.42 Å². The minimum absolute atomic E-state index is 0.105. The number of nitrogens with zero attached hydrogens (tertiary/aromatic N) is 2. The normalized spacial score (nSPS) is 18.8. The lowest BCUT2D eigenvalue weighted by Crippen LogP contribution is -2.40. The summed E-state index contributed by atoms with van der Waals surface area (Å²) in [6, 6.07) is 13.2. The molecule has 0 saturated carbocycles. The first-order valence-corrected chi connectivity index (χ1v) is 13.3. The third-order valence-corrected chi connectivity index (χ3v) is 8.95. The highest BCUT2D eigenvalue weighted by Crippen LogP contribution is 2.41. The number of anilines is 2. The Labute approximate surface area is 194 Å². The Hall–Kier alpha value is -1.08. The topological polar surface area (TPSA) is 40.6 Å². The van der Waals surface area contributed by atoms with Gasteiger partial charge in [0, 0.05) is 29.8 Å². The van der Waals surface area contributed by atoms with Crippen molar-refractivity contribution in [2.24, 2.45) is 0 Å². The van der Waals surface area contributed by atoms with Crippen LogP contribution in [0.15, 0.2) is 51.8 Å². The van der Waals surface area contributed by atoms with Crippen molar-refractivity contribution in [3.63, 3.8) is 0 Å². The zero-order chi connectivity index (χ0) is 21.7. The third kappa shape index (κ3) is 5.21. The van der Waals surface area contributed by atoms with E-state index in [0.717, 1.165) is 24.9 Å². The number of hydrogen-bond donors (Lipinski definition) is 0. The van der Waals surface area contributed by atoms with Gasteiger partial charge >= 0.3 is 0 Å². The summed E-state index contributed by atoms with van der Waals surface area (Å²) in [4.78, 5) is 2.38. The van der Waals surface area contributed by atoms with Gasteiger partial charge in [0.15, 0.2) is 0 Å². The number of unbranched alkanes of at least 4 members (excludes halogenated alkanes) is 5. The van der Waals surface area contributed by atoms with E-state index in [2.05, 4.69) is 27.8 Å². The van der Waals surface area contributed by atoms with E-state index in [1.54, 1.807) is 23.5 Å². The van der Waals surface area contributed by atoms with Crippen LogP contribution in [0.4, 0.5) is 11.4 Å². The summed E-state index contributed by atoms with van der Waals surface area (Å²) in [5.74, 6) is 0. The monoisotopic (exact) mass is 512 g/mol. The van der Waals surface area contributed by atoms with Crippen molar-refractivity contribution in [2.75, 3.05) is 18.5 Å². The molecule has 2 aromatic carbocycles. The highest BCUT2D eigenvalue weighted by Gasteiger charge is 2.37. The smallest absolute Gasteiger partial charge is 0.245 e. The average molecular weight is 514 g/mol. The number of para-hydroxylation sites is 1. The van der Waals surface area contributed by atoms with Crippen molar-refractivity contribution in [1.29, 1.82) is 0 Å². The van der Waals surface area contributed by atoms with Gasteiger partial charge in [-0.2, -0.15) is 4.31 Å². The summed E-state index contributed by atoms with van der Waals surface area (Å²) in [6.45, 7) is 2.81. The molecular formula is C23H30BrClN2O2S. The second-order valence-electron chi connectivity index (χ2n) is 7.91. The molecule has 0 fully saturated rings. The summed E-state index contributed by atoms with van der Waals surface area (Å²) in [6.07, 6.45) is 7.97. The van der Waals surface area contributed by atoms with E-state index in [1.165, 1.54) is 25.7 Å². The molecule has 0 N–H and O–H groups in total. The predicted octanol–water partition coefficient (Wildman–Crippen LogP) is 6.99. The van der Waals surface area contributed by atoms with E-state index < -0.39 is 10.0 Å². The zero-order valence-corrected chi connectivity index (χ0v) is 20.8. The predicted molar refractivity (Wildman–Crippen MR) is 129 cm³/mol. The molecule has 0 amide bonds. The molecule has 164 valence electrons. The van der Waals surface area contributed by atoms with Crippen LogP contribution in [0.25, 0.3) is 0 Å². The van der Waals surface area contributed by atoms with Crippen molar-refractivity contribution >= 4 is 48.9 Å². The molecule has 1 aliphatic heterocycles. The second-order valence-corrected chi connectivity index (χ2v) is 11.1. The number of hydrogen-bond acceptors (Lipinski definition) is 3. The minimum atomic E-state index is -3.63. The Bertz CT molecular complexity index is 953. The molecule has 0 aromatic heterocycles. The van der Waals surface area contributed by atoms with Crippen LogP contribution < -0.4 is 4.90 Å². The molecular weight excluding hydrogens is 484 g/mol. The SMILES string of the molecule is CCCCCCCCC1CN(c2ccccc2)c2cc(Cl)c(Br)cc2S(=O)(=O)N1C. The lowest BCUT2D eigenvalue weighted by atomic mass is 10.0. The van der Waals surface area contributed by atoms with Gasteiger partial charge < -0.3 is 4.90 Å². The van der Waals surface area contributed by atoms with Crippen molar-refractivity contribution in [3.05, 3.63) is 52.0 Å². The molecule has 3 rings (SSSR count). The Morgan fingerprint density at radius 1 is 1.07 bits per heavy atom. The quantitative estimate of drug-likeness (QED) is 0.357. The summed E-state index contributed by atoms with van der Waals surface area (Å²) in [7, 11) is -1.93. The van der Waals surface area contributed by atoms with Crippen LogP contribution >= 0.6 is 27.5 Å². The van der Waals surface area contributed by atoms with E-state index in [0.29, 0.717) is 21.7 Å². The van der Waals surface area contributed by atoms with Crippen molar-refractivity contribution in [3.8, 4) is 0 Å². The van der Waals surface area contributed by atoms with Gasteiger partial charge in [-0.15, -0.1) is 0 Å². The highest BCUT2D eigenvalue weighted by atomic mass is 79.9. The number of likely N-dealkylation sites (N-methyl/N-ethyl adjacent to an activating group) is 1. The van der Waals surface area contributed by atoms with Crippen LogP contribution in [0.2, 0.25) is 5.02 Å². The first kappa shape index (κ1) is 23.6. The first-order valence-electron chi connectivity index (χ1n) is 10.7. The van der Waals surface area contributed by atoms with Gasteiger partial charge in [-0.25, -0.2) is 8.42 Å². The molecule has 7 heteroatoms. The second kappa shape index (κ2) is 10.5. The molecule has 0 spiro atoms. The maximum atomic E-state index is 13.5. The van der Waals surface area contributed by atoms with Gasteiger partial charge in [-0.05, 0) is 46.6 Å². The zero-order valence-electron chi connectivity index (χ0n) is 17.7. The molecule has 1 heterocycles. The van der Waals surface area contributed by atoms with Crippen LogP contribution in [-0.4, -0.2) is 32.4 Å². The highest BCUT2D eigenvalue weighted by molar-refractivity contribution is 9.10. The largest absolute Gasteiger partial charge is 0.339 e. The van der Waals surface area contributed by atoms with E-state index in [-0.39, 0.29) is 10.9 Å².